The first kappa shape index (κ1) is 35.5. The fourth-order valence-electron chi connectivity index (χ4n) is 8.62. The van der Waals surface area contributed by atoms with Gasteiger partial charge in [-0.05, 0) is 81.7 Å². The highest BCUT2D eigenvalue weighted by Crippen LogP contribution is 2.51. The molecule has 0 aliphatic heterocycles. The van der Waals surface area contributed by atoms with Gasteiger partial charge in [0.25, 0.3) is 0 Å². The Balaban J connectivity index is 1.51. The van der Waals surface area contributed by atoms with Gasteiger partial charge in [-0.3, -0.25) is 0 Å². The summed E-state index contributed by atoms with van der Waals surface area (Å²) in [6, 6.07) is 68.8. The molecule has 9 aromatic rings. The maximum atomic E-state index is 6.60. The molecule has 0 N–H and O–H groups in total. The molecule has 274 valence electrons. The lowest BCUT2D eigenvalue weighted by molar-refractivity contribution is 0.669. The van der Waals surface area contributed by atoms with Crippen LogP contribution in [0.25, 0.3) is 72.2 Å². The highest BCUT2D eigenvalue weighted by molar-refractivity contribution is 6.15. The van der Waals surface area contributed by atoms with E-state index in [0.717, 1.165) is 94.6 Å². The van der Waals surface area contributed by atoms with Gasteiger partial charge in [0.1, 0.15) is 11.2 Å². The predicted molar refractivity (Wildman–Crippen MR) is 242 cm³/mol. The minimum atomic E-state index is 0.858. The van der Waals surface area contributed by atoms with E-state index in [1.54, 1.807) is 0 Å². The third-order valence-corrected chi connectivity index (χ3v) is 11.2. The highest BCUT2D eigenvalue weighted by Gasteiger charge is 2.30. The number of hydrogen-bond donors (Lipinski definition) is 0. The molecule has 0 unspecified atom stereocenters. The molecule has 0 bridgehead atoms. The van der Waals surface area contributed by atoms with Gasteiger partial charge >= 0.3 is 0 Å². The molecule has 0 spiro atoms. The average molecular weight is 734 g/mol. The Kier molecular flexibility index (Phi) is 9.46. The van der Waals surface area contributed by atoms with E-state index in [9.17, 15) is 0 Å². The summed E-state index contributed by atoms with van der Waals surface area (Å²) in [6.45, 7) is 9.24. The standard InChI is InChI=1S/C55H43NO/c1-37(40-23-10-5-11-24-40)38(2)49(41-25-12-6-13-26-41)39(3)50(46-34-22-36-48-53(46)45-33-20-21-35-47(45)57-48)55-52(43-29-16-8-17-30-43)51(42-27-14-7-15-28-42)54(56(55)4)44-31-18-9-19-32-44/h5-36H,1H2,2-4H3/b49-38+,50-39+. The maximum Gasteiger partial charge on any atom is 0.136 e. The van der Waals surface area contributed by atoms with Crippen molar-refractivity contribution in [2.75, 3.05) is 0 Å². The van der Waals surface area contributed by atoms with E-state index in [1.807, 2.05) is 6.07 Å². The van der Waals surface area contributed by atoms with Crippen molar-refractivity contribution in [1.82, 2.24) is 4.57 Å². The Labute approximate surface area is 335 Å². The number of aromatic nitrogens is 1. The summed E-state index contributed by atoms with van der Waals surface area (Å²) in [5, 5.41) is 2.18. The van der Waals surface area contributed by atoms with Gasteiger partial charge in [-0.1, -0.05) is 189 Å². The normalized spacial score (nSPS) is 12.4. The molecule has 2 heterocycles. The van der Waals surface area contributed by atoms with Gasteiger partial charge in [0, 0.05) is 34.5 Å². The molecule has 0 atom stereocenters. The van der Waals surface area contributed by atoms with E-state index >= 15 is 0 Å². The zero-order chi connectivity index (χ0) is 38.9. The van der Waals surface area contributed by atoms with Crippen LogP contribution in [0.15, 0.2) is 216 Å². The number of allylic oxidation sites excluding steroid dienone is 4. The van der Waals surface area contributed by atoms with Crippen LogP contribution < -0.4 is 0 Å². The van der Waals surface area contributed by atoms with Crippen molar-refractivity contribution in [3.63, 3.8) is 0 Å². The molecular formula is C55H43NO. The summed E-state index contributed by atoms with van der Waals surface area (Å²) in [4.78, 5) is 0. The smallest absolute Gasteiger partial charge is 0.136 e. The van der Waals surface area contributed by atoms with Gasteiger partial charge < -0.3 is 8.98 Å². The molecule has 0 saturated heterocycles. The van der Waals surface area contributed by atoms with Crippen LogP contribution in [0.4, 0.5) is 0 Å². The number of hydrogen-bond acceptors (Lipinski definition) is 1. The lowest BCUT2D eigenvalue weighted by Gasteiger charge is -2.23. The molecule has 2 aromatic heterocycles. The minimum Gasteiger partial charge on any atom is -0.456 e. The van der Waals surface area contributed by atoms with Crippen LogP contribution in [0.2, 0.25) is 0 Å². The Bertz CT molecular complexity index is 2950. The zero-order valence-electron chi connectivity index (χ0n) is 32.5. The lowest BCUT2D eigenvalue weighted by Crippen LogP contribution is -2.05. The summed E-state index contributed by atoms with van der Waals surface area (Å²) >= 11 is 0. The van der Waals surface area contributed by atoms with Gasteiger partial charge in [0.05, 0.1) is 11.4 Å². The van der Waals surface area contributed by atoms with Gasteiger partial charge in [-0.2, -0.15) is 0 Å². The lowest BCUT2D eigenvalue weighted by atomic mass is 9.82. The average Bonchev–Trinajstić information content (AvgIpc) is 3.80. The topological polar surface area (TPSA) is 18.1 Å². The van der Waals surface area contributed by atoms with E-state index in [-0.39, 0.29) is 0 Å². The van der Waals surface area contributed by atoms with Crippen LogP contribution >= 0.6 is 0 Å². The fraction of sp³-hybridized carbons (Fsp3) is 0.0545. The molecule has 7 aromatic carbocycles. The molecular weight excluding hydrogens is 691 g/mol. The molecule has 0 amide bonds. The molecule has 2 heteroatoms. The molecule has 57 heavy (non-hydrogen) atoms. The SMILES string of the molecule is C=C(/C(C)=C(\C(C)=C(/c1cccc2oc3ccccc3c12)c1c(-c2ccccc2)c(-c2ccccc2)c(-c2ccccc2)n1C)c1ccccc1)c1ccccc1. The molecule has 0 saturated carbocycles. The van der Waals surface area contributed by atoms with Gasteiger partial charge in [-0.25, -0.2) is 0 Å². The number of para-hydroxylation sites is 1. The number of rotatable bonds is 9. The van der Waals surface area contributed by atoms with Crippen molar-refractivity contribution in [3.05, 3.63) is 234 Å². The molecule has 0 aliphatic rings. The second-order valence-electron chi connectivity index (χ2n) is 14.6. The summed E-state index contributed by atoms with van der Waals surface area (Å²) in [5.74, 6) is 0. The fourth-order valence-corrected chi connectivity index (χ4v) is 8.62. The van der Waals surface area contributed by atoms with Crippen molar-refractivity contribution >= 4 is 38.7 Å². The largest absolute Gasteiger partial charge is 0.456 e. The van der Waals surface area contributed by atoms with Crippen LogP contribution in [0, 0.1) is 0 Å². The quantitative estimate of drug-likeness (QED) is 0.135. The van der Waals surface area contributed by atoms with E-state index < -0.39 is 0 Å². The monoisotopic (exact) mass is 733 g/mol. The van der Waals surface area contributed by atoms with Crippen molar-refractivity contribution in [2.45, 2.75) is 13.8 Å². The minimum absolute atomic E-state index is 0.858. The molecule has 9 rings (SSSR count). The van der Waals surface area contributed by atoms with Gasteiger partial charge in [-0.15, -0.1) is 0 Å². The number of benzene rings is 7. The van der Waals surface area contributed by atoms with Gasteiger partial charge in [0.2, 0.25) is 0 Å². The van der Waals surface area contributed by atoms with E-state index in [4.69, 9.17) is 11.0 Å². The Hall–Kier alpha value is -7.16. The zero-order valence-corrected chi connectivity index (χ0v) is 32.5. The second-order valence-corrected chi connectivity index (χ2v) is 14.6. The summed E-state index contributed by atoms with van der Waals surface area (Å²) in [6.07, 6.45) is 0. The maximum absolute atomic E-state index is 6.60. The summed E-state index contributed by atoms with van der Waals surface area (Å²) in [5.41, 5.74) is 18.7. The van der Waals surface area contributed by atoms with Gasteiger partial charge in [0.15, 0.2) is 0 Å². The van der Waals surface area contributed by atoms with E-state index in [2.05, 4.69) is 214 Å². The second kappa shape index (κ2) is 15.2. The molecule has 0 aliphatic carbocycles. The predicted octanol–water partition coefficient (Wildman–Crippen LogP) is 14.9. The molecule has 2 nitrogen and oxygen atoms in total. The van der Waals surface area contributed by atoms with Crippen molar-refractivity contribution in [3.8, 4) is 33.5 Å². The molecule has 0 fully saturated rings. The third kappa shape index (κ3) is 6.36. The third-order valence-electron chi connectivity index (χ3n) is 11.2. The number of fused-ring (bicyclic) bond motifs is 3. The summed E-state index contributed by atoms with van der Waals surface area (Å²) in [7, 11) is 2.24. The highest BCUT2D eigenvalue weighted by atomic mass is 16.3. The van der Waals surface area contributed by atoms with Crippen LogP contribution in [0.3, 0.4) is 0 Å². The first-order chi connectivity index (χ1) is 28.0. The van der Waals surface area contributed by atoms with Crippen LogP contribution in [-0.4, -0.2) is 4.57 Å². The Morgan fingerprint density at radius 2 is 0.965 bits per heavy atom. The number of furan rings is 1. The van der Waals surface area contributed by atoms with Crippen LogP contribution in [0.1, 0.15) is 36.2 Å². The summed E-state index contributed by atoms with van der Waals surface area (Å²) < 4.78 is 9.04. The van der Waals surface area contributed by atoms with Crippen LogP contribution in [-0.2, 0) is 7.05 Å². The Morgan fingerprint density at radius 1 is 0.474 bits per heavy atom. The first-order valence-electron chi connectivity index (χ1n) is 19.5. The number of nitrogens with zero attached hydrogens (tertiary/aromatic N) is 1. The van der Waals surface area contributed by atoms with E-state index in [1.165, 1.54) is 11.1 Å². The van der Waals surface area contributed by atoms with Crippen molar-refractivity contribution < 1.29 is 4.42 Å². The Morgan fingerprint density at radius 3 is 1.58 bits per heavy atom. The first-order valence-corrected chi connectivity index (χ1v) is 19.5. The van der Waals surface area contributed by atoms with Crippen LogP contribution in [0.5, 0.6) is 0 Å². The van der Waals surface area contributed by atoms with E-state index in [0.29, 0.717) is 0 Å². The van der Waals surface area contributed by atoms with Crippen molar-refractivity contribution in [1.29, 1.82) is 0 Å². The van der Waals surface area contributed by atoms with Crippen molar-refractivity contribution in [2.24, 2.45) is 7.05 Å². The molecule has 0 radical (unpaired) electrons.